The summed E-state index contributed by atoms with van der Waals surface area (Å²) in [5.74, 6) is -4.41. The van der Waals surface area contributed by atoms with Crippen molar-refractivity contribution in [3.63, 3.8) is 0 Å². The molecule has 1 saturated carbocycles. The molecule has 2 heterocycles. The lowest BCUT2D eigenvalue weighted by Crippen LogP contribution is -2.49. The summed E-state index contributed by atoms with van der Waals surface area (Å²) >= 11 is 0. The number of alkyl halides is 2. The minimum Gasteiger partial charge on any atom is -0.347 e. The van der Waals surface area contributed by atoms with Gasteiger partial charge in [-0.3, -0.25) is 9.59 Å². The van der Waals surface area contributed by atoms with Crippen LogP contribution in [-0.2, 0) is 4.79 Å². The van der Waals surface area contributed by atoms with Crippen LogP contribution in [0.15, 0.2) is 30.5 Å². The van der Waals surface area contributed by atoms with Crippen molar-refractivity contribution >= 4 is 35.0 Å². The van der Waals surface area contributed by atoms with Crippen molar-refractivity contribution in [3.8, 4) is 0 Å². The second-order valence-electron chi connectivity index (χ2n) is 10.3. The monoisotopic (exact) mass is 515 g/mol. The number of anilines is 4. The van der Waals surface area contributed by atoms with Crippen LogP contribution in [-0.4, -0.2) is 58.9 Å². The van der Waals surface area contributed by atoms with E-state index in [1.165, 1.54) is 6.20 Å². The second-order valence-corrected chi connectivity index (χ2v) is 10.3. The highest BCUT2D eigenvalue weighted by molar-refractivity contribution is 6.02. The second kappa shape index (κ2) is 10.6. The third-order valence-electron chi connectivity index (χ3n) is 6.95. The summed E-state index contributed by atoms with van der Waals surface area (Å²) in [6.45, 7) is 5.34. The highest BCUT2D eigenvalue weighted by Gasteiger charge is 2.49. The molecule has 1 aromatic carbocycles. The van der Waals surface area contributed by atoms with Gasteiger partial charge in [0.1, 0.15) is 5.69 Å². The Hall–Kier alpha value is -3.34. The van der Waals surface area contributed by atoms with Gasteiger partial charge in [0.2, 0.25) is 5.95 Å². The molecule has 1 fully saturated rings. The highest BCUT2D eigenvalue weighted by atomic mass is 19.3. The summed E-state index contributed by atoms with van der Waals surface area (Å²) in [5, 5.41) is 6.07. The summed E-state index contributed by atoms with van der Waals surface area (Å²) in [4.78, 5) is 36.8. The Balaban J connectivity index is 1.59. The fourth-order valence-electron chi connectivity index (χ4n) is 4.96. The van der Waals surface area contributed by atoms with E-state index in [1.807, 2.05) is 13.8 Å². The zero-order valence-electron chi connectivity index (χ0n) is 21.6. The van der Waals surface area contributed by atoms with Crippen molar-refractivity contribution in [2.75, 3.05) is 34.8 Å². The van der Waals surface area contributed by atoms with Crippen LogP contribution in [0, 0.1) is 0 Å². The van der Waals surface area contributed by atoms with Crippen LogP contribution in [0.5, 0.6) is 0 Å². The average molecular weight is 516 g/mol. The van der Waals surface area contributed by atoms with E-state index in [-0.39, 0.29) is 30.1 Å². The predicted molar refractivity (Wildman–Crippen MR) is 140 cm³/mol. The van der Waals surface area contributed by atoms with Crippen molar-refractivity contribution in [1.82, 2.24) is 15.3 Å². The van der Waals surface area contributed by atoms with Crippen LogP contribution in [0.3, 0.4) is 0 Å². The molecular weight excluding hydrogens is 480 g/mol. The number of rotatable bonds is 8. The van der Waals surface area contributed by atoms with Crippen molar-refractivity contribution in [2.45, 2.75) is 70.4 Å². The summed E-state index contributed by atoms with van der Waals surface area (Å²) in [5.41, 5.74) is 6.61. The third kappa shape index (κ3) is 5.82. The lowest BCUT2D eigenvalue weighted by Gasteiger charge is -2.31. The zero-order chi connectivity index (χ0) is 26.8. The van der Waals surface area contributed by atoms with Gasteiger partial charge in [0.05, 0.1) is 12.7 Å². The van der Waals surface area contributed by atoms with Gasteiger partial charge in [-0.05, 0) is 70.8 Å². The summed E-state index contributed by atoms with van der Waals surface area (Å²) < 4.78 is 29.8. The van der Waals surface area contributed by atoms with Gasteiger partial charge in [-0.1, -0.05) is 12.8 Å². The molecule has 1 aliphatic heterocycles. The lowest BCUT2D eigenvalue weighted by atomic mass is 10.00. The van der Waals surface area contributed by atoms with Crippen LogP contribution >= 0.6 is 0 Å². The fourth-order valence-corrected chi connectivity index (χ4v) is 4.96. The molecule has 0 saturated heterocycles. The zero-order valence-corrected chi connectivity index (χ0v) is 21.6. The van der Waals surface area contributed by atoms with E-state index in [4.69, 9.17) is 5.73 Å². The molecular formula is C26H35F2N7O2. The maximum absolute atomic E-state index is 14.9. The fraction of sp³-hybridized carbons (Fsp3) is 0.538. The van der Waals surface area contributed by atoms with Crippen LogP contribution in [0.1, 0.15) is 63.2 Å². The molecule has 2 amide bonds. The molecule has 9 nitrogen and oxygen atoms in total. The number of carbonyl (C=O) groups excluding carboxylic acids is 2. The number of halogens is 2. The Morgan fingerprint density at radius 2 is 1.89 bits per heavy atom. The third-order valence-corrected chi connectivity index (χ3v) is 6.95. The van der Waals surface area contributed by atoms with Gasteiger partial charge in [0.15, 0.2) is 5.82 Å². The standard InChI is InChI=1S/C26H35F2N7O2/c1-4-34-20-15-30-24(31-18-11-9-17(10-12-18)22(36)33-25(2,3)13-14-29)32-21(20)35(19-7-5-6-8-19)16-26(27,28)23(34)37/h9-12,15,19H,4-8,13-14,16,29H2,1-3H3,(H,33,36)(H,30,31,32). The molecule has 4 rings (SSSR count). The van der Waals surface area contributed by atoms with Crippen molar-refractivity contribution in [2.24, 2.45) is 5.73 Å². The van der Waals surface area contributed by atoms with Gasteiger partial charge < -0.3 is 26.2 Å². The first-order chi connectivity index (χ1) is 17.5. The Kier molecular flexibility index (Phi) is 7.63. The van der Waals surface area contributed by atoms with E-state index in [1.54, 1.807) is 36.1 Å². The van der Waals surface area contributed by atoms with Crippen molar-refractivity contribution in [3.05, 3.63) is 36.0 Å². The van der Waals surface area contributed by atoms with Gasteiger partial charge >= 0.3 is 5.92 Å². The highest BCUT2D eigenvalue weighted by Crippen LogP contribution is 2.40. The number of amides is 2. The van der Waals surface area contributed by atoms with Crippen molar-refractivity contribution < 1.29 is 18.4 Å². The lowest BCUT2D eigenvalue weighted by molar-refractivity contribution is -0.140. The molecule has 0 spiro atoms. The summed E-state index contributed by atoms with van der Waals surface area (Å²) in [6, 6.07) is 6.71. The number of aromatic nitrogens is 2. The number of benzene rings is 1. The van der Waals surface area contributed by atoms with Crippen LogP contribution in [0.2, 0.25) is 0 Å². The number of nitrogens with zero attached hydrogens (tertiary/aromatic N) is 4. The Bertz CT molecular complexity index is 1130. The SMILES string of the molecule is CCN1C(=O)C(F)(F)CN(C2CCCC2)c2nc(Nc3ccc(C(=O)NC(C)(C)CCN)cc3)ncc21. The van der Waals surface area contributed by atoms with Crippen molar-refractivity contribution in [1.29, 1.82) is 0 Å². The summed E-state index contributed by atoms with van der Waals surface area (Å²) in [7, 11) is 0. The molecule has 0 radical (unpaired) electrons. The van der Waals surface area contributed by atoms with Gasteiger partial charge in [0, 0.05) is 29.4 Å². The first-order valence-electron chi connectivity index (χ1n) is 12.8. The minimum atomic E-state index is -3.53. The number of nitrogens with one attached hydrogen (secondary N) is 2. The molecule has 37 heavy (non-hydrogen) atoms. The number of nitrogens with two attached hydrogens (primary N) is 1. The minimum absolute atomic E-state index is 0.0850. The first kappa shape index (κ1) is 26.7. The number of carbonyl (C=O) groups is 2. The van der Waals surface area contributed by atoms with Gasteiger partial charge in [0.25, 0.3) is 11.8 Å². The van der Waals surface area contributed by atoms with Crippen LogP contribution in [0.4, 0.5) is 31.9 Å². The normalized spacial score (nSPS) is 17.9. The number of hydrogen-bond donors (Lipinski definition) is 3. The molecule has 2 aromatic rings. The number of hydrogen-bond acceptors (Lipinski definition) is 7. The topological polar surface area (TPSA) is 116 Å². The van der Waals surface area contributed by atoms with E-state index in [0.717, 1.165) is 30.6 Å². The van der Waals surface area contributed by atoms with Gasteiger partial charge in [-0.15, -0.1) is 0 Å². The Morgan fingerprint density at radius 1 is 1.22 bits per heavy atom. The smallest absolute Gasteiger partial charge is 0.342 e. The Labute approximate surface area is 215 Å². The largest absolute Gasteiger partial charge is 0.347 e. The molecule has 200 valence electrons. The van der Waals surface area contributed by atoms with E-state index in [0.29, 0.717) is 30.0 Å². The summed E-state index contributed by atoms with van der Waals surface area (Å²) in [6.07, 6.45) is 5.53. The first-order valence-corrected chi connectivity index (χ1v) is 12.8. The van der Waals surface area contributed by atoms with E-state index < -0.39 is 23.9 Å². The van der Waals surface area contributed by atoms with Gasteiger partial charge in [-0.2, -0.15) is 13.8 Å². The molecule has 1 aliphatic carbocycles. The maximum atomic E-state index is 14.9. The number of fused-ring (bicyclic) bond motifs is 1. The molecule has 0 unspecified atom stereocenters. The predicted octanol–water partition coefficient (Wildman–Crippen LogP) is 3.83. The maximum Gasteiger partial charge on any atom is 0.342 e. The molecule has 0 bridgehead atoms. The quantitative estimate of drug-likeness (QED) is 0.489. The Morgan fingerprint density at radius 3 is 2.51 bits per heavy atom. The molecule has 4 N–H and O–H groups in total. The molecule has 11 heteroatoms. The molecule has 1 aromatic heterocycles. The van der Waals surface area contributed by atoms with Crippen LogP contribution in [0.25, 0.3) is 0 Å². The molecule has 0 atom stereocenters. The average Bonchev–Trinajstić information content (AvgIpc) is 3.36. The van der Waals surface area contributed by atoms with Gasteiger partial charge in [-0.25, -0.2) is 4.98 Å². The van der Waals surface area contributed by atoms with Crippen LogP contribution < -0.4 is 26.2 Å². The molecule has 2 aliphatic rings. The van der Waals surface area contributed by atoms with E-state index >= 15 is 0 Å². The van der Waals surface area contributed by atoms with E-state index in [2.05, 4.69) is 20.6 Å². The van der Waals surface area contributed by atoms with E-state index in [9.17, 15) is 18.4 Å².